The molecule has 0 heterocycles. The summed E-state index contributed by atoms with van der Waals surface area (Å²) in [4.78, 5) is 0. The summed E-state index contributed by atoms with van der Waals surface area (Å²) < 4.78 is 0. The molecule has 1 aliphatic rings. The first-order chi connectivity index (χ1) is 9.28. The first-order valence-corrected chi connectivity index (χ1v) is 8.06. The monoisotopic (exact) mass is 274 g/mol. The van der Waals surface area contributed by atoms with Crippen molar-refractivity contribution in [2.24, 2.45) is 11.3 Å². The van der Waals surface area contributed by atoms with Gasteiger partial charge in [-0.05, 0) is 49.5 Å². The molecule has 0 saturated heterocycles. The molecule has 0 spiro atoms. The van der Waals surface area contributed by atoms with Crippen LogP contribution in [0.2, 0.25) is 0 Å². The molecule has 1 saturated carbocycles. The van der Waals surface area contributed by atoms with Crippen LogP contribution in [0.5, 0.6) is 0 Å². The lowest BCUT2D eigenvalue weighted by atomic mass is 9.76. The molecule has 0 bridgehead atoms. The number of benzene rings is 1. The molecular weight excluding hydrogens is 244 g/mol. The van der Waals surface area contributed by atoms with Gasteiger partial charge in [0.1, 0.15) is 0 Å². The van der Waals surface area contributed by atoms with Gasteiger partial charge in [-0.2, -0.15) is 0 Å². The normalized spacial score (nSPS) is 28.1. The van der Waals surface area contributed by atoms with Crippen LogP contribution in [0.3, 0.4) is 0 Å². The first kappa shape index (κ1) is 15.6. The predicted molar refractivity (Wildman–Crippen MR) is 85.9 cm³/mol. The highest BCUT2D eigenvalue weighted by atomic mass is 16.3. The molecule has 2 rings (SSSR count). The van der Waals surface area contributed by atoms with Crippen LogP contribution in [0.4, 0.5) is 0 Å². The van der Waals surface area contributed by atoms with E-state index in [1.54, 1.807) is 0 Å². The number of aryl methyl sites for hydroxylation is 1. The van der Waals surface area contributed by atoms with E-state index in [9.17, 15) is 5.11 Å². The molecule has 0 aliphatic heterocycles. The minimum atomic E-state index is -0.491. The third kappa shape index (κ3) is 4.09. The summed E-state index contributed by atoms with van der Waals surface area (Å²) in [6.45, 7) is 9.12. The fraction of sp³-hybridized carbons (Fsp3) is 0.684. The molecule has 1 aromatic carbocycles. The van der Waals surface area contributed by atoms with E-state index in [2.05, 4.69) is 52.0 Å². The quantitative estimate of drug-likeness (QED) is 0.761. The van der Waals surface area contributed by atoms with Crippen LogP contribution in [0, 0.1) is 18.3 Å². The van der Waals surface area contributed by atoms with Crippen molar-refractivity contribution < 1.29 is 5.11 Å². The van der Waals surface area contributed by atoms with E-state index < -0.39 is 5.60 Å². The third-order valence-corrected chi connectivity index (χ3v) is 5.03. The maximum absolute atomic E-state index is 11.0. The Bertz CT molecular complexity index is 426. The largest absolute Gasteiger partial charge is 0.390 e. The summed E-state index contributed by atoms with van der Waals surface area (Å²) in [6.07, 6.45) is 6.29. The fourth-order valence-corrected chi connectivity index (χ4v) is 3.52. The fourth-order valence-electron chi connectivity index (χ4n) is 3.52. The summed E-state index contributed by atoms with van der Waals surface area (Å²) in [7, 11) is 0. The van der Waals surface area contributed by atoms with Gasteiger partial charge in [0.15, 0.2) is 0 Å². The molecular formula is C19H30O. The minimum Gasteiger partial charge on any atom is -0.390 e. The van der Waals surface area contributed by atoms with Gasteiger partial charge in [0, 0.05) is 6.42 Å². The zero-order valence-electron chi connectivity index (χ0n) is 13.6. The molecule has 1 aliphatic carbocycles. The smallest absolute Gasteiger partial charge is 0.0688 e. The summed E-state index contributed by atoms with van der Waals surface area (Å²) in [5.74, 6) is 0.745. The first-order valence-electron chi connectivity index (χ1n) is 8.06. The lowest BCUT2D eigenvalue weighted by Gasteiger charge is -2.31. The molecule has 2 atom stereocenters. The van der Waals surface area contributed by atoms with E-state index in [-0.39, 0.29) is 0 Å². The second-order valence-corrected chi connectivity index (χ2v) is 7.88. The van der Waals surface area contributed by atoms with Gasteiger partial charge >= 0.3 is 0 Å². The van der Waals surface area contributed by atoms with Crippen molar-refractivity contribution in [3.05, 3.63) is 35.4 Å². The molecule has 1 aromatic rings. The highest BCUT2D eigenvalue weighted by Crippen LogP contribution is 2.40. The SMILES string of the molecule is Cc1ccc(CC2(O)CCCC(C(C)(C)C)CC2)cc1. The molecule has 2 unspecified atom stereocenters. The second kappa shape index (κ2) is 5.89. The average molecular weight is 274 g/mol. The number of aliphatic hydroxyl groups is 1. The summed E-state index contributed by atoms with van der Waals surface area (Å²) >= 11 is 0. The van der Waals surface area contributed by atoms with Gasteiger partial charge in [-0.1, -0.05) is 57.0 Å². The highest BCUT2D eigenvalue weighted by molar-refractivity contribution is 5.22. The Morgan fingerprint density at radius 1 is 1.10 bits per heavy atom. The van der Waals surface area contributed by atoms with E-state index in [0.29, 0.717) is 5.41 Å². The highest BCUT2D eigenvalue weighted by Gasteiger charge is 2.34. The van der Waals surface area contributed by atoms with Crippen molar-refractivity contribution in [3.63, 3.8) is 0 Å². The van der Waals surface area contributed by atoms with Gasteiger partial charge in [-0.3, -0.25) is 0 Å². The Hall–Kier alpha value is -0.820. The van der Waals surface area contributed by atoms with E-state index >= 15 is 0 Å². The molecule has 1 N–H and O–H groups in total. The minimum absolute atomic E-state index is 0.370. The third-order valence-electron chi connectivity index (χ3n) is 5.03. The zero-order valence-corrected chi connectivity index (χ0v) is 13.6. The molecule has 0 aromatic heterocycles. The molecule has 1 heteroatoms. The van der Waals surface area contributed by atoms with E-state index in [0.717, 1.165) is 38.0 Å². The van der Waals surface area contributed by atoms with Gasteiger partial charge < -0.3 is 5.11 Å². The van der Waals surface area contributed by atoms with Gasteiger partial charge in [0.2, 0.25) is 0 Å². The number of rotatable bonds is 2. The predicted octanol–water partition coefficient (Wildman–Crippen LogP) is 4.90. The molecule has 112 valence electrons. The lowest BCUT2D eigenvalue weighted by molar-refractivity contribution is 0.0225. The van der Waals surface area contributed by atoms with E-state index in [4.69, 9.17) is 0 Å². The van der Waals surface area contributed by atoms with Crippen LogP contribution in [0.25, 0.3) is 0 Å². The lowest BCUT2D eigenvalue weighted by Crippen LogP contribution is -2.31. The van der Waals surface area contributed by atoms with Crippen molar-refractivity contribution in [2.45, 2.75) is 71.8 Å². The van der Waals surface area contributed by atoms with Crippen LogP contribution >= 0.6 is 0 Å². The van der Waals surface area contributed by atoms with Crippen LogP contribution in [0.15, 0.2) is 24.3 Å². The van der Waals surface area contributed by atoms with E-state index in [1.807, 2.05) is 0 Å². The Morgan fingerprint density at radius 2 is 1.75 bits per heavy atom. The van der Waals surface area contributed by atoms with Crippen molar-refractivity contribution in [1.82, 2.24) is 0 Å². The Morgan fingerprint density at radius 3 is 2.35 bits per heavy atom. The zero-order chi connectivity index (χ0) is 14.8. The van der Waals surface area contributed by atoms with Crippen LogP contribution in [-0.4, -0.2) is 10.7 Å². The Labute approximate surface area is 124 Å². The maximum atomic E-state index is 11.0. The van der Waals surface area contributed by atoms with Crippen LogP contribution in [0.1, 0.15) is 64.0 Å². The Kier molecular flexibility index (Phi) is 4.59. The number of hydrogen-bond donors (Lipinski definition) is 1. The van der Waals surface area contributed by atoms with Crippen LogP contribution < -0.4 is 0 Å². The molecule has 0 amide bonds. The summed E-state index contributed by atoms with van der Waals surface area (Å²) in [5.41, 5.74) is 2.44. The van der Waals surface area contributed by atoms with Gasteiger partial charge in [-0.15, -0.1) is 0 Å². The topological polar surface area (TPSA) is 20.2 Å². The Balaban J connectivity index is 2.02. The maximum Gasteiger partial charge on any atom is 0.0688 e. The number of hydrogen-bond acceptors (Lipinski definition) is 1. The van der Waals surface area contributed by atoms with Crippen molar-refractivity contribution in [3.8, 4) is 0 Å². The molecule has 20 heavy (non-hydrogen) atoms. The van der Waals surface area contributed by atoms with Gasteiger partial charge in [0.25, 0.3) is 0 Å². The van der Waals surface area contributed by atoms with Crippen molar-refractivity contribution >= 4 is 0 Å². The van der Waals surface area contributed by atoms with Crippen LogP contribution in [-0.2, 0) is 6.42 Å². The average Bonchev–Trinajstić information content (AvgIpc) is 2.54. The van der Waals surface area contributed by atoms with Crippen molar-refractivity contribution in [1.29, 1.82) is 0 Å². The van der Waals surface area contributed by atoms with Crippen molar-refractivity contribution in [2.75, 3.05) is 0 Å². The summed E-state index contributed by atoms with van der Waals surface area (Å²) in [6, 6.07) is 8.62. The van der Waals surface area contributed by atoms with E-state index in [1.165, 1.54) is 17.5 Å². The second-order valence-electron chi connectivity index (χ2n) is 7.88. The summed E-state index contributed by atoms with van der Waals surface area (Å²) in [5, 5.41) is 11.0. The molecule has 1 nitrogen and oxygen atoms in total. The van der Waals surface area contributed by atoms with Gasteiger partial charge in [-0.25, -0.2) is 0 Å². The standard InChI is InChI=1S/C19H30O/c1-15-7-9-16(10-8-15)14-19(20)12-5-6-17(11-13-19)18(2,3)4/h7-10,17,20H,5-6,11-14H2,1-4H3. The molecule has 1 fully saturated rings. The molecule has 0 radical (unpaired) electrons. The van der Waals surface area contributed by atoms with Gasteiger partial charge in [0.05, 0.1) is 5.60 Å².